The summed E-state index contributed by atoms with van der Waals surface area (Å²) in [7, 11) is 3.55. The number of halogens is 1. The number of nitrogens with one attached hydrogen (secondary N) is 1. The number of rotatable bonds is 3. The molecular weight excluding hydrogens is 450 g/mol. The molecule has 0 bridgehead atoms. The van der Waals surface area contributed by atoms with E-state index in [-0.39, 0.29) is 5.90 Å². The van der Waals surface area contributed by atoms with Gasteiger partial charge in [-0.3, -0.25) is 0 Å². The van der Waals surface area contributed by atoms with E-state index in [2.05, 4.69) is 27.5 Å². The second-order valence-corrected chi connectivity index (χ2v) is 9.08. The number of hydrogen-bond acceptors (Lipinski definition) is 6. The molecule has 174 valence electrons. The standard InChI is InChI=1S/C26H26ClN5O2/c1-32(30-26(33)20-8-4-6-10-24(20)34-2)15-13-31(14-16-32)25-19-7-3-5-9-21(19)28-22-12-11-18(27)17-23(22)29-25/h3-12,17H,13-16H2,1-2H3,(H-,28,29,30,33). The molecule has 1 N–H and O–H groups in total. The van der Waals surface area contributed by atoms with Gasteiger partial charge in [0.25, 0.3) is 0 Å². The second kappa shape index (κ2) is 9.00. The summed E-state index contributed by atoms with van der Waals surface area (Å²) in [5, 5.41) is 21.6. The maximum absolute atomic E-state index is 12.9. The first-order valence-corrected chi connectivity index (χ1v) is 11.6. The molecule has 1 fully saturated rings. The van der Waals surface area contributed by atoms with Crippen LogP contribution in [0.1, 0.15) is 11.1 Å². The van der Waals surface area contributed by atoms with Crippen LogP contribution in [-0.2, 0) is 0 Å². The maximum atomic E-state index is 12.9. The average molecular weight is 476 g/mol. The van der Waals surface area contributed by atoms with E-state index >= 15 is 0 Å². The number of para-hydroxylation sites is 2. The van der Waals surface area contributed by atoms with Gasteiger partial charge in [0.2, 0.25) is 0 Å². The number of nitrogens with zero attached hydrogens (tertiary/aromatic N) is 4. The molecule has 7 nitrogen and oxygen atoms in total. The number of amidine groups is 1. The van der Waals surface area contributed by atoms with Crippen molar-refractivity contribution in [1.82, 2.24) is 4.90 Å². The van der Waals surface area contributed by atoms with Gasteiger partial charge in [0.05, 0.1) is 44.5 Å². The van der Waals surface area contributed by atoms with Crippen molar-refractivity contribution < 1.29 is 14.4 Å². The number of piperazine rings is 1. The number of benzene rings is 3. The summed E-state index contributed by atoms with van der Waals surface area (Å²) in [6.07, 6.45) is 0. The van der Waals surface area contributed by atoms with E-state index in [0.29, 0.717) is 47.1 Å². The van der Waals surface area contributed by atoms with Gasteiger partial charge in [0.15, 0.2) is 0 Å². The predicted molar refractivity (Wildman–Crippen MR) is 134 cm³/mol. The van der Waals surface area contributed by atoms with Crippen LogP contribution in [-0.4, -0.2) is 61.6 Å². The van der Waals surface area contributed by atoms with E-state index in [0.717, 1.165) is 28.5 Å². The topological polar surface area (TPSA) is 72.3 Å². The fourth-order valence-electron chi connectivity index (χ4n) is 4.35. The van der Waals surface area contributed by atoms with Crippen LogP contribution in [0.2, 0.25) is 5.02 Å². The molecule has 2 heterocycles. The quantitative estimate of drug-likeness (QED) is 0.353. The predicted octanol–water partition coefficient (Wildman–Crippen LogP) is 3.97. The van der Waals surface area contributed by atoms with Gasteiger partial charge in [-0.1, -0.05) is 47.0 Å². The molecule has 2 aliphatic heterocycles. The fraction of sp³-hybridized carbons (Fsp3) is 0.231. The lowest BCUT2D eigenvalue weighted by molar-refractivity contribution is -0.920. The van der Waals surface area contributed by atoms with E-state index in [4.69, 9.17) is 21.3 Å². The molecule has 5 rings (SSSR count). The number of likely N-dealkylation sites (N-methyl/N-ethyl adjacent to an activating group) is 1. The van der Waals surface area contributed by atoms with E-state index in [1.54, 1.807) is 19.2 Å². The maximum Gasteiger partial charge on any atom is 0.139 e. The SMILES string of the molecule is COc1ccccc1/C([O-])=N/[N+]1(C)CCN(C2=Nc3cc(Cl)ccc3Nc3ccccc32)CC1. The zero-order valence-corrected chi connectivity index (χ0v) is 19.9. The van der Waals surface area contributed by atoms with Crippen molar-refractivity contribution in [2.75, 3.05) is 45.7 Å². The third-order valence-electron chi connectivity index (χ3n) is 6.30. The Morgan fingerprint density at radius 2 is 1.79 bits per heavy atom. The summed E-state index contributed by atoms with van der Waals surface area (Å²) < 4.78 is 5.65. The van der Waals surface area contributed by atoms with Crippen LogP contribution in [0.5, 0.6) is 5.75 Å². The Morgan fingerprint density at radius 3 is 2.59 bits per heavy atom. The summed E-state index contributed by atoms with van der Waals surface area (Å²) in [6.45, 7) is 2.78. The molecule has 0 aromatic heterocycles. The molecule has 3 aromatic rings. The highest BCUT2D eigenvalue weighted by molar-refractivity contribution is 6.31. The Balaban J connectivity index is 1.42. The number of quaternary nitrogens is 1. The average Bonchev–Trinajstić information content (AvgIpc) is 3.01. The van der Waals surface area contributed by atoms with Crippen molar-refractivity contribution in [2.45, 2.75) is 0 Å². The Labute approximate surface area is 204 Å². The normalized spacial score (nSPS) is 17.1. The Bertz CT molecular complexity index is 1280. The smallest absolute Gasteiger partial charge is 0.139 e. The number of anilines is 2. The van der Waals surface area contributed by atoms with Gasteiger partial charge in [-0.25, -0.2) is 4.99 Å². The Morgan fingerprint density at radius 1 is 1.06 bits per heavy atom. The molecule has 0 saturated carbocycles. The van der Waals surface area contributed by atoms with Crippen molar-refractivity contribution >= 4 is 40.4 Å². The lowest BCUT2D eigenvalue weighted by atomic mass is 10.1. The molecular formula is C26H26ClN5O2. The van der Waals surface area contributed by atoms with Gasteiger partial charge in [-0.15, -0.1) is 0 Å². The minimum absolute atomic E-state index is 0.265. The third-order valence-corrected chi connectivity index (χ3v) is 6.53. The molecule has 3 aromatic carbocycles. The second-order valence-electron chi connectivity index (χ2n) is 8.65. The van der Waals surface area contributed by atoms with Gasteiger partial charge in [-0.05, 0) is 36.4 Å². The minimum Gasteiger partial charge on any atom is -0.854 e. The van der Waals surface area contributed by atoms with Gasteiger partial charge >= 0.3 is 0 Å². The molecule has 0 unspecified atom stereocenters. The first-order valence-electron chi connectivity index (χ1n) is 11.2. The first kappa shape index (κ1) is 22.3. The molecule has 0 atom stereocenters. The van der Waals surface area contributed by atoms with Crippen molar-refractivity contribution in [1.29, 1.82) is 0 Å². The zero-order valence-electron chi connectivity index (χ0n) is 19.2. The Kier molecular flexibility index (Phi) is 5.89. The number of hydrogen-bond donors (Lipinski definition) is 1. The summed E-state index contributed by atoms with van der Waals surface area (Å²) in [5.74, 6) is 1.17. The zero-order chi connectivity index (χ0) is 23.7. The summed E-state index contributed by atoms with van der Waals surface area (Å²) in [6, 6.07) is 21.0. The molecule has 0 spiro atoms. The lowest BCUT2D eigenvalue weighted by Crippen LogP contribution is -2.56. The van der Waals surface area contributed by atoms with Crippen LogP contribution in [0.15, 0.2) is 76.8 Å². The lowest BCUT2D eigenvalue weighted by Gasteiger charge is -2.39. The van der Waals surface area contributed by atoms with Gasteiger partial charge in [0, 0.05) is 21.8 Å². The van der Waals surface area contributed by atoms with Crippen LogP contribution in [0, 0.1) is 0 Å². The molecule has 8 heteroatoms. The van der Waals surface area contributed by atoms with Crippen molar-refractivity contribution in [3.05, 3.63) is 82.9 Å². The number of fused-ring (bicyclic) bond motifs is 2. The fourth-order valence-corrected chi connectivity index (χ4v) is 4.52. The van der Waals surface area contributed by atoms with Gasteiger partial charge in [-0.2, -0.15) is 4.59 Å². The number of methoxy groups -OCH3 is 1. The molecule has 34 heavy (non-hydrogen) atoms. The summed E-state index contributed by atoms with van der Waals surface area (Å²) in [5.41, 5.74) is 4.24. The van der Waals surface area contributed by atoms with Crippen LogP contribution in [0.3, 0.4) is 0 Å². The van der Waals surface area contributed by atoms with Crippen LogP contribution in [0.25, 0.3) is 0 Å². The molecule has 1 saturated heterocycles. The Hall–Kier alpha value is -3.55. The summed E-state index contributed by atoms with van der Waals surface area (Å²) >= 11 is 6.27. The monoisotopic (exact) mass is 475 g/mol. The highest BCUT2D eigenvalue weighted by Gasteiger charge is 2.32. The summed E-state index contributed by atoms with van der Waals surface area (Å²) in [4.78, 5) is 7.28. The van der Waals surface area contributed by atoms with Crippen molar-refractivity contribution in [3.63, 3.8) is 0 Å². The highest BCUT2D eigenvalue weighted by Crippen LogP contribution is 2.36. The third kappa shape index (κ3) is 4.32. The largest absolute Gasteiger partial charge is 0.854 e. The number of aliphatic imine (C=N–C) groups is 1. The van der Waals surface area contributed by atoms with E-state index in [1.807, 2.05) is 49.5 Å². The molecule has 0 radical (unpaired) electrons. The van der Waals surface area contributed by atoms with E-state index in [1.165, 1.54) is 0 Å². The van der Waals surface area contributed by atoms with Crippen LogP contribution >= 0.6 is 11.6 Å². The van der Waals surface area contributed by atoms with Crippen molar-refractivity contribution in [3.8, 4) is 5.75 Å². The van der Waals surface area contributed by atoms with Crippen LogP contribution in [0.4, 0.5) is 17.1 Å². The van der Waals surface area contributed by atoms with Crippen LogP contribution < -0.4 is 15.2 Å². The highest BCUT2D eigenvalue weighted by atomic mass is 35.5. The molecule has 0 amide bonds. The molecule has 0 aliphatic carbocycles. The molecule has 2 aliphatic rings. The van der Waals surface area contributed by atoms with Crippen molar-refractivity contribution in [2.24, 2.45) is 10.1 Å². The van der Waals surface area contributed by atoms with Gasteiger partial charge < -0.3 is 20.1 Å². The number of ether oxygens (including phenoxy) is 1. The van der Waals surface area contributed by atoms with E-state index in [9.17, 15) is 5.11 Å². The minimum atomic E-state index is -0.265. The first-order chi connectivity index (χ1) is 16.5. The van der Waals surface area contributed by atoms with Gasteiger partial charge in [0.1, 0.15) is 24.7 Å². The van der Waals surface area contributed by atoms with E-state index < -0.39 is 0 Å².